The van der Waals surface area contributed by atoms with Crippen LogP contribution in [0.5, 0.6) is 0 Å². The van der Waals surface area contributed by atoms with E-state index >= 15 is 0 Å². The largest absolute Gasteiger partial charge is 0.383 e. The van der Waals surface area contributed by atoms with Crippen LogP contribution in [0.2, 0.25) is 0 Å². The molecular formula is C11H22N2O2. The number of rotatable bonds is 5. The summed E-state index contributed by atoms with van der Waals surface area (Å²) in [5, 5.41) is 3.28. The summed E-state index contributed by atoms with van der Waals surface area (Å²) in [5.74, 6) is 0.231. The van der Waals surface area contributed by atoms with E-state index in [9.17, 15) is 4.79 Å². The number of likely N-dealkylation sites (N-methyl/N-ethyl adjacent to an activating group) is 1. The average Bonchev–Trinajstić information content (AvgIpc) is 2.31. The van der Waals surface area contributed by atoms with Crippen molar-refractivity contribution in [2.45, 2.75) is 32.2 Å². The molecule has 1 aliphatic rings. The van der Waals surface area contributed by atoms with Crippen molar-refractivity contribution in [2.75, 3.05) is 33.4 Å². The summed E-state index contributed by atoms with van der Waals surface area (Å²) in [5.41, 5.74) is 0. The fraction of sp³-hybridized carbons (Fsp3) is 0.909. The molecule has 1 saturated heterocycles. The molecule has 0 aliphatic carbocycles. The van der Waals surface area contributed by atoms with Crippen LogP contribution in [0.3, 0.4) is 0 Å². The molecule has 0 radical (unpaired) electrons. The second-order valence-corrected chi connectivity index (χ2v) is 3.91. The monoisotopic (exact) mass is 214 g/mol. The highest BCUT2D eigenvalue weighted by Crippen LogP contribution is 2.09. The Kier molecular flexibility index (Phi) is 5.65. The predicted octanol–water partition coefficient (Wildman–Crippen LogP) is 0.623. The molecule has 0 bridgehead atoms. The number of amides is 1. The van der Waals surface area contributed by atoms with E-state index in [1.54, 1.807) is 7.11 Å². The average molecular weight is 214 g/mol. The van der Waals surface area contributed by atoms with E-state index in [1.165, 1.54) is 6.42 Å². The molecule has 4 heteroatoms. The first-order valence-electron chi connectivity index (χ1n) is 5.80. The molecule has 1 N–H and O–H groups in total. The van der Waals surface area contributed by atoms with E-state index in [0.29, 0.717) is 13.2 Å². The van der Waals surface area contributed by atoms with Gasteiger partial charge >= 0.3 is 0 Å². The zero-order chi connectivity index (χ0) is 11.1. The first-order chi connectivity index (χ1) is 7.29. The van der Waals surface area contributed by atoms with Crippen molar-refractivity contribution in [3.63, 3.8) is 0 Å². The van der Waals surface area contributed by atoms with Gasteiger partial charge in [-0.1, -0.05) is 6.42 Å². The lowest BCUT2D eigenvalue weighted by Gasteiger charge is -2.29. The molecule has 1 amide bonds. The summed E-state index contributed by atoms with van der Waals surface area (Å²) < 4.78 is 5.00. The third kappa shape index (κ3) is 3.80. The smallest absolute Gasteiger partial charge is 0.239 e. The Bertz CT molecular complexity index is 191. The number of carbonyl (C=O) groups is 1. The standard InChI is InChI=1S/C11H22N2O2/c1-3-13(8-9-15-2)11(14)10-6-4-5-7-12-10/h10,12H,3-9H2,1-2H3/t10-/m0/s1. The van der Waals surface area contributed by atoms with E-state index in [1.807, 2.05) is 11.8 Å². The van der Waals surface area contributed by atoms with Gasteiger partial charge in [0.05, 0.1) is 12.6 Å². The quantitative estimate of drug-likeness (QED) is 0.729. The molecule has 1 rings (SSSR count). The van der Waals surface area contributed by atoms with Gasteiger partial charge in [-0.2, -0.15) is 0 Å². The number of ether oxygens (including phenoxy) is 1. The Morgan fingerprint density at radius 2 is 2.33 bits per heavy atom. The SMILES string of the molecule is CCN(CCOC)C(=O)[C@@H]1CCCCN1. The zero-order valence-electron chi connectivity index (χ0n) is 9.79. The highest BCUT2D eigenvalue weighted by Gasteiger charge is 2.24. The molecule has 4 nitrogen and oxygen atoms in total. The Morgan fingerprint density at radius 1 is 1.53 bits per heavy atom. The van der Waals surface area contributed by atoms with Crippen molar-refractivity contribution in [1.82, 2.24) is 10.2 Å². The topological polar surface area (TPSA) is 41.6 Å². The number of methoxy groups -OCH3 is 1. The molecule has 0 aromatic heterocycles. The maximum absolute atomic E-state index is 12.0. The molecule has 1 atom stereocenters. The van der Waals surface area contributed by atoms with Crippen LogP contribution in [0.25, 0.3) is 0 Å². The van der Waals surface area contributed by atoms with Crippen LogP contribution in [0.4, 0.5) is 0 Å². The molecule has 88 valence electrons. The molecule has 15 heavy (non-hydrogen) atoms. The summed E-state index contributed by atoms with van der Waals surface area (Å²) in [6.45, 7) is 5.06. The van der Waals surface area contributed by atoms with Gasteiger partial charge in [-0.3, -0.25) is 4.79 Å². The van der Waals surface area contributed by atoms with E-state index in [2.05, 4.69) is 5.32 Å². The molecule has 1 aliphatic heterocycles. The normalized spacial score (nSPS) is 21.3. The minimum atomic E-state index is 0.0376. The summed E-state index contributed by atoms with van der Waals surface area (Å²) in [7, 11) is 1.66. The first-order valence-corrected chi connectivity index (χ1v) is 5.80. The van der Waals surface area contributed by atoms with Gasteiger partial charge in [0.15, 0.2) is 0 Å². The lowest BCUT2D eigenvalue weighted by molar-refractivity contribution is -0.134. The summed E-state index contributed by atoms with van der Waals surface area (Å²) in [4.78, 5) is 13.9. The van der Waals surface area contributed by atoms with Crippen molar-refractivity contribution in [2.24, 2.45) is 0 Å². The number of hydrogen-bond acceptors (Lipinski definition) is 3. The molecular weight excluding hydrogens is 192 g/mol. The first kappa shape index (κ1) is 12.5. The Hall–Kier alpha value is -0.610. The van der Waals surface area contributed by atoms with Crippen LogP contribution >= 0.6 is 0 Å². The summed E-state index contributed by atoms with van der Waals surface area (Å²) in [6, 6.07) is 0.0376. The number of carbonyl (C=O) groups excluding carboxylic acids is 1. The molecule has 1 heterocycles. The van der Waals surface area contributed by atoms with Crippen LogP contribution in [-0.4, -0.2) is 50.2 Å². The van der Waals surface area contributed by atoms with E-state index in [0.717, 1.165) is 25.9 Å². The highest BCUT2D eigenvalue weighted by molar-refractivity contribution is 5.81. The maximum Gasteiger partial charge on any atom is 0.239 e. The maximum atomic E-state index is 12.0. The lowest BCUT2D eigenvalue weighted by Crippen LogP contribution is -2.49. The second kappa shape index (κ2) is 6.80. The van der Waals surface area contributed by atoms with Crippen molar-refractivity contribution in [1.29, 1.82) is 0 Å². The number of nitrogens with one attached hydrogen (secondary N) is 1. The molecule has 0 spiro atoms. The minimum absolute atomic E-state index is 0.0376. The molecule has 0 aromatic carbocycles. The lowest BCUT2D eigenvalue weighted by atomic mass is 10.0. The van der Waals surface area contributed by atoms with E-state index in [-0.39, 0.29) is 11.9 Å². The number of hydrogen-bond donors (Lipinski definition) is 1. The van der Waals surface area contributed by atoms with Crippen LogP contribution in [-0.2, 0) is 9.53 Å². The van der Waals surface area contributed by atoms with Gasteiger partial charge in [-0.25, -0.2) is 0 Å². The minimum Gasteiger partial charge on any atom is -0.383 e. The van der Waals surface area contributed by atoms with E-state index < -0.39 is 0 Å². The Morgan fingerprint density at radius 3 is 2.87 bits per heavy atom. The predicted molar refractivity (Wildman–Crippen MR) is 59.8 cm³/mol. The van der Waals surface area contributed by atoms with Gasteiger partial charge in [0.1, 0.15) is 0 Å². The zero-order valence-corrected chi connectivity index (χ0v) is 9.79. The van der Waals surface area contributed by atoms with Crippen LogP contribution in [0.15, 0.2) is 0 Å². The van der Waals surface area contributed by atoms with Crippen LogP contribution in [0.1, 0.15) is 26.2 Å². The van der Waals surface area contributed by atoms with Gasteiger partial charge in [-0.05, 0) is 26.3 Å². The van der Waals surface area contributed by atoms with Gasteiger partial charge < -0.3 is 15.0 Å². The van der Waals surface area contributed by atoms with Crippen molar-refractivity contribution in [3.8, 4) is 0 Å². The number of nitrogens with zero attached hydrogens (tertiary/aromatic N) is 1. The van der Waals surface area contributed by atoms with Crippen LogP contribution < -0.4 is 5.32 Å². The summed E-state index contributed by atoms with van der Waals surface area (Å²) in [6.07, 6.45) is 3.32. The fourth-order valence-corrected chi connectivity index (χ4v) is 1.91. The number of piperidine rings is 1. The third-order valence-corrected chi connectivity index (χ3v) is 2.87. The van der Waals surface area contributed by atoms with E-state index in [4.69, 9.17) is 4.74 Å². The summed E-state index contributed by atoms with van der Waals surface area (Å²) >= 11 is 0. The van der Waals surface area contributed by atoms with Crippen molar-refractivity contribution in [3.05, 3.63) is 0 Å². The van der Waals surface area contributed by atoms with Gasteiger partial charge in [0.2, 0.25) is 5.91 Å². The van der Waals surface area contributed by atoms with Crippen molar-refractivity contribution >= 4 is 5.91 Å². The fourth-order valence-electron chi connectivity index (χ4n) is 1.91. The van der Waals surface area contributed by atoms with Gasteiger partial charge in [0.25, 0.3) is 0 Å². The molecule has 0 saturated carbocycles. The Balaban J connectivity index is 2.40. The third-order valence-electron chi connectivity index (χ3n) is 2.87. The van der Waals surface area contributed by atoms with Crippen LogP contribution in [0, 0.1) is 0 Å². The second-order valence-electron chi connectivity index (χ2n) is 3.91. The van der Waals surface area contributed by atoms with Gasteiger partial charge in [0, 0.05) is 20.2 Å². The molecule has 0 unspecified atom stereocenters. The molecule has 0 aromatic rings. The Labute approximate surface area is 92.0 Å². The molecule has 1 fully saturated rings. The van der Waals surface area contributed by atoms with Gasteiger partial charge in [-0.15, -0.1) is 0 Å². The highest BCUT2D eigenvalue weighted by atomic mass is 16.5. The van der Waals surface area contributed by atoms with Crippen molar-refractivity contribution < 1.29 is 9.53 Å².